The van der Waals surface area contributed by atoms with Gasteiger partial charge in [0, 0.05) is 18.2 Å². The summed E-state index contributed by atoms with van der Waals surface area (Å²) in [5.74, 6) is -1.71. The highest BCUT2D eigenvalue weighted by Gasteiger charge is 2.36. The van der Waals surface area contributed by atoms with Gasteiger partial charge in [-0.3, -0.25) is 14.9 Å². The number of nitro benzene ring substituents is 1. The summed E-state index contributed by atoms with van der Waals surface area (Å²) in [4.78, 5) is 22.9. The molecule has 0 aliphatic carbocycles. The van der Waals surface area contributed by atoms with Crippen molar-refractivity contribution in [3.8, 4) is 0 Å². The van der Waals surface area contributed by atoms with Crippen LogP contribution in [-0.2, 0) is 6.54 Å². The second kappa shape index (κ2) is 5.03. The summed E-state index contributed by atoms with van der Waals surface area (Å²) < 4.78 is 27.3. The molecule has 1 N–H and O–H groups in total. The first kappa shape index (κ1) is 15.3. The van der Waals surface area contributed by atoms with Gasteiger partial charge in [0.1, 0.15) is 6.17 Å². The predicted molar refractivity (Wildman–Crippen MR) is 69.0 cm³/mol. The van der Waals surface area contributed by atoms with Crippen molar-refractivity contribution in [3.63, 3.8) is 0 Å². The van der Waals surface area contributed by atoms with Crippen LogP contribution in [0.3, 0.4) is 0 Å². The molecule has 0 saturated carbocycles. The number of nitrogens with zero attached hydrogens (tertiary/aromatic N) is 2. The van der Waals surface area contributed by atoms with Gasteiger partial charge in [0.25, 0.3) is 5.91 Å². The standard InChI is InChI=1S/C13H14F2N2O4/c1-13(2,19)11(15)6-16-5-7-3-10(17(20)21)9(14)4-8(7)12(16)18/h3-4,11,19H,5-6H2,1-2H3/t11-/m1/s1. The lowest BCUT2D eigenvalue weighted by molar-refractivity contribution is -0.387. The molecule has 1 aliphatic heterocycles. The molecule has 21 heavy (non-hydrogen) atoms. The molecule has 8 heteroatoms. The van der Waals surface area contributed by atoms with Crippen LogP contribution >= 0.6 is 0 Å². The van der Waals surface area contributed by atoms with Crippen molar-refractivity contribution in [3.05, 3.63) is 39.2 Å². The molecule has 0 bridgehead atoms. The van der Waals surface area contributed by atoms with Crippen molar-refractivity contribution in [2.45, 2.75) is 32.2 Å². The Labute approximate surface area is 119 Å². The number of hydrogen-bond acceptors (Lipinski definition) is 4. The van der Waals surface area contributed by atoms with Crippen LogP contribution in [0, 0.1) is 15.9 Å². The summed E-state index contributed by atoms with van der Waals surface area (Å²) in [6.45, 7) is 2.13. The van der Waals surface area contributed by atoms with Crippen molar-refractivity contribution >= 4 is 11.6 Å². The van der Waals surface area contributed by atoms with Crippen LogP contribution in [0.15, 0.2) is 12.1 Å². The van der Waals surface area contributed by atoms with Crippen molar-refractivity contribution in [1.82, 2.24) is 4.90 Å². The van der Waals surface area contributed by atoms with Gasteiger partial charge >= 0.3 is 5.69 Å². The molecule has 1 amide bonds. The minimum Gasteiger partial charge on any atom is -0.387 e. The highest BCUT2D eigenvalue weighted by atomic mass is 19.1. The van der Waals surface area contributed by atoms with Crippen LogP contribution in [0.2, 0.25) is 0 Å². The molecule has 1 aromatic carbocycles. The third kappa shape index (κ3) is 2.85. The Bertz CT molecular complexity index is 613. The molecule has 114 valence electrons. The topological polar surface area (TPSA) is 83.7 Å². The summed E-state index contributed by atoms with van der Waals surface area (Å²) >= 11 is 0. The monoisotopic (exact) mass is 300 g/mol. The number of aliphatic hydroxyl groups is 1. The van der Waals surface area contributed by atoms with Crippen LogP contribution in [0.25, 0.3) is 0 Å². The van der Waals surface area contributed by atoms with E-state index in [0.717, 1.165) is 17.0 Å². The van der Waals surface area contributed by atoms with E-state index in [-0.39, 0.29) is 24.2 Å². The molecule has 0 unspecified atom stereocenters. The van der Waals surface area contributed by atoms with E-state index < -0.39 is 34.1 Å². The Kier molecular flexibility index (Phi) is 3.66. The van der Waals surface area contributed by atoms with Crippen molar-refractivity contribution in [2.75, 3.05) is 6.54 Å². The number of alkyl halides is 1. The minimum atomic E-state index is -1.68. The first-order chi connectivity index (χ1) is 9.61. The lowest BCUT2D eigenvalue weighted by atomic mass is 10.0. The summed E-state index contributed by atoms with van der Waals surface area (Å²) in [5.41, 5.74) is -2.08. The van der Waals surface area contributed by atoms with Gasteiger partial charge in [0.15, 0.2) is 0 Å². The Balaban J connectivity index is 2.26. The second-order valence-corrected chi connectivity index (χ2v) is 5.52. The maximum absolute atomic E-state index is 13.8. The first-order valence-electron chi connectivity index (χ1n) is 6.23. The van der Waals surface area contributed by atoms with Gasteiger partial charge in [-0.05, 0) is 25.5 Å². The fourth-order valence-corrected chi connectivity index (χ4v) is 2.09. The Morgan fingerprint density at radius 1 is 1.52 bits per heavy atom. The average Bonchev–Trinajstić information content (AvgIpc) is 2.64. The molecule has 0 fully saturated rings. The largest absolute Gasteiger partial charge is 0.387 e. The van der Waals surface area contributed by atoms with E-state index in [1.54, 1.807) is 0 Å². The van der Waals surface area contributed by atoms with Crippen LogP contribution in [0.5, 0.6) is 0 Å². The lowest BCUT2D eigenvalue weighted by Crippen LogP contribution is -2.42. The van der Waals surface area contributed by atoms with E-state index in [0.29, 0.717) is 0 Å². The fraction of sp³-hybridized carbons (Fsp3) is 0.462. The van der Waals surface area contributed by atoms with Gasteiger partial charge in [-0.15, -0.1) is 0 Å². The smallest absolute Gasteiger partial charge is 0.305 e. The summed E-state index contributed by atoms with van der Waals surface area (Å²) in [6, 6.07) is 1.78. The molecule has 0 spiro atoms. The molecule has 1 atom stereocenters. The third-order valence-corrected chi connectivity index (χ3v) is 3.40. The Hall–Kier alpha value is -2.09. The number of hydrogen-bond donors (Lipinski definition) is 1. The molecule has 2 rings (SSSR count). The van der Waals surface area contributed by atoms with Crippen LogP contribution in [0.4, 0.5) is 14.5 Å². The van der Waals surface area contributed by atoms with Crippen LogP contribution < -0.4 is 0 Å². The number of fused-ring (bicyclic) bond motifs is 1. The highest BCUT2D eigenvalue weighted by Crippen LogP contribution is 2.30. The molecule has 6 nitrogen and oxygen atoms in total. The molecule has 1 aliphatic rings. The van der Waals surface area contributed by atoms with Gasteiger partial charge in [-0.25, -0.2) is 4.39 Å². The van der Waals surface area contributed by atoms with E-state index in [1.165, 1.54) is 13.8 Å². The van der Waals surface area contributed by atoms with E-state index in [9.17, 15) is 28.8 Å². The molecular formula is C13H14F2N2O4. The molecule has 0 radical (unpaired) electrons. The van der Waals surface area contributed by atoms with E-state index in [1.807, 2.05) is 0 Å². The highest BCUT2D eigenvalue weighted by molar-refractivity contribution is 5.98. The zero-order valence-corrected chi connectivity index (χ0v) is 11.5. The minimum absolute atomic E-state index is 0.0129. The Morgan fingerprint density at radius 3 is 2.67 bits per heavy atom. The molecular weight excluding hydrogens is 286 g/mol. The number of carbonyl (C=O) groups is 1. The van der Waals surface area contributed by atoms with E-state index >= 15 is 0 Å². The maximum Gasteiger partial charge on any atom is 0.305 e. The summed E-state index contributed by atoms with van der Waals surface area (Å²) in [5, 5.41) is 20.2. The van der Waals surface area contributed by atoms with E-state index in [2.05, 4.69) is 0 Å². The summed E-state index contributed by atoms with van der Waals surface area (Å²) in [6.07, 6.45) is -1.68. The number of amides is 1. The SMILES string of the molecule is CC(C)(O)[C@H](F)CN1Cc2cc([N+](=O)[O-])c(F)cc2C1=O. The zero-order valence-electron chi connectivity index (χ0n) is 11.5. The maximum atomic E-state index is 13.8. The average molecular weight is 300 g/mol. The van der Waals surface area contributed by atoms with Crippen LogP contribution in [-0.4, -0.2) is 39.2 Å². The molecule has 1 heterocycles. The predicted octanol–water partition coefficient (Wildman–Crippen LogP) is 1.80. The number of benzene rings is 1. The number of rotatable bonds is 4. The quantitative estimate of drug-likeness (QED) is 0.679. The Morgan fingerprint density at radius 2 is 2.14 bits per heavy atom. The van der Waals surface area contributed by atoms with Gasteiger partial charge in [-0.2, -0.15) is 4.39 Å². The van der Waals surface area contributed by atoms with Gasteiger partial charge in [0.2, 0.25) is 5.82 Å². The third-order valence-electron chi connectivity index (χ3n) is 3.40. The van der Waals surface area contributed by atoms with Crippen molar-refractivity contribution in [1.29, 1.82) is 0 Å². The normalized spacial score (nSPS) is 16.0. The van der Waals surface area contributed by atoms with Crippen LogP contribution in [0.1, 0.15) is 29.8 Å². The number of carbonyl (C=O) groups excluding carboxylic acids is 1. The van der Waals surface area contributed by atoms with Gasteiger partial charge < -0.3 is 10.0 Å². The van der Waals surface area contributed by atoms with E-state index in [4.69, 9.17) is 0 Å². The van der Waals surface area contributed by atoms with Gasteiger partial charge in [0.05, 0.1) is 17.1 Å². The second-order valence-electron chi connectivity index (χ2n) is 5.52. The molecule has 0 aromatic heterocycles. The lowest BCUT2D eigenvalue weighted by Gasteiger charge is -2.26. The fourth-order valence-electron chi connectivity index (χ4n) is 2.09. The number of nitro groups is 1. The number of halogens is 2. The zero-order chi connectivity index (χ0) is 15.9. The summed E-state index contributed by atoms with van der Waals surface area (Å²) in [7, 11) is 0. The molecule has 0 saturated heterocycles. The van der Waals surface area contributed by atoms with Crippen molar-refractivity contribution < 1.29 is 23.6 Å². The molecule has 1 aromatic rings. The first-order valence-corrected chi connectivity index (χ1v) is 6.23. The van der Waals surface area contributed by atoms with Crippen molar-refractivity contribution in [2.24, 2.45) is 0 Å². The van der Waals surface area contributed by atoms with Gasteiger partial charge in [-0.1, -0.05) is 0 Å².